The Labute approximate surface area is 175 Å². The van der Waals surface area contributed by atoms with Gasteiger partial charge in [-0.1, -0.05) is 40.2 Å². The molecule has 0 unspecified atom stereocenters. The molecule has 148 valence electrons. The first kappa shape index (κ1) is 19.3. The lowest BCUT2D eigenvalue weighted by Crippen LogP contribution is -2.10. The van der Waals surface area contributed by atoms with Crippen molar-refractivity contribution in [3.8, 4) is 5.75 Å². The van der Waals surface area contributed by atoms with Gasteiger partial charge in [0.05, 0.1) is 12.1 Å². The number of nitrogens with zero attached hydrogens (tertiary/aromatic N) is 4. The van der Waals surface area contributed by atoms with Crippen LogP contribution in [0.25, 0.3) is 10.9 Å². The molecule has 0 aliphatic rings. The van der Waals surface area contributed by atoms with E-state index in [2.05, 4.69) is 42.5 Å². The number of nitrogens with one attached hydrogen (secondary N) is 1. The summed E-state index contributed by atoms with van der Waals surface area (Å²) < 4.78 is 8.88. The van der Waals surface area contributed by atoms with Crippen LogP contribution in [-0.2, 0) is 19.4 Å². The Kier molecular flexibility index (Phi) is 6.00. The molecular weight excluding hydrogens is 434 g/mol. The van der Waals surface area contributed by atoms with Crippen molar-refractivity contribution in [2.24, 2.45) is 0 Å². The zero-order valence-corrected chi connectivity index (χ0v) is 17.3. The Morgan fingerprint density at radius 2 is 1.93 bits per heavy atom. The standard InChI is InChI=1S/C21H20BrN5O2/c22-17-6-2-1-5-15(17)12-13-27-20(24-25-26-27)9-4-14-29-19-8-3-7-18-16(19)10-11-21(28)23-18/h1-3,5-8,10-11H,4,9,12-14H2,(H,23,28). The second-order valence-electron chi connectivity index (χ2n) is 6.65. The Morgan fingerprint density at radius 1 is 1.03 bits per heavy atom. The summed E-state index contributed by atoms with van der Waals surface area (Å²) >= 11 is 3.58. The molecule has 2 aromatic heterocycles. The van der Waals surface area contributed by atoms with E-state index in [9.17, 15) is 4.79 Å². The van der Waals surface area contributed by atoms with Crippen molar-refractivity contribution in [3.05, 3.63) is 80.8 Å². The summed E-state index contributed by atoms with van der Waals surface area (Å²) in [6.07, 6.45) is 2.36. The number of H-pyrrole nitrogens is 1. The number of benzene rings is 2. The van der Waals surface area contributed by atoms with Crippen molar-refractivity contribution in [2.75, 3.05) is 6.61 Å². The highest BCUT2D eigenvalue weighted by Gasteiger charge is 2.08. The van der Waals surface area contributed by atoms with Crippen LogP contribution >= 0.6 is 15.9 Å². The Bertz CT molecular complexity index is 1170. The summed E-state index contributed by atoms with van der Waals surface area (Å²) in [5, 5.41) is 13.0. The molecule has 0 bridgehead atoms. The van der Waals surface area contributed by atoms with Crippen molar-refractivity contribution in [1.82, 2.24) is 25.2 Å². The molecule has 2 aromatic carbocycles. The highest BCUT2D eigenvalue weighted by atomic mass is 79.9. The van der Waals surface area contributed by atoms with Gasteiger partial charge in [-0.2, -0.15) is 0 Å². The van der Waals surface area contributed by atoms with Gasteiger partial charge in [0, 0.05) is 28.9 Å². The molecule has 4 rings (SSSR count). The van der Waals surface area contributed by atoms with Crippen molar-refractivity contribution in [2.45, 2.75) is 25.8 Å². The molecule has 0 fully saturated rings. The van der Waals surface area contributed by atoms with Gasteiger partial charge in [0.25, 0.3) is 0 Å². The van der Waals surface area contributed by atoms with Crippen molar-refractivity contribution >= 4 is 26.8 Å². The van der Waals surface area contributed by atoms with Gasteiger partial charge in [0.2, 0.25) is 5.56 Å². The minimum atomic E-state index is -0.121. The van der Waals surface area contributed by atoms with Crippen LogP contribution in [-0.4, -0.2) is 31.8 Å². The number of aromatic nitrogens is 5. The molecule has 2 heterocycles. The summed E-state index contributed by atoms with van der Waals surface area (Å²) in [6.45, 7) is 1.26. The normalized spacial score (nSPS) is 11.1. The second kappa shape index (κ2) is 9.00. The van der Waals surface area contributed by atoms with Crippen LogP contribution in [0.5, 0.6) is 5.75 Å². The van der Waals surface area contributed by atoms with Gasteiger partial charge in [0.15, 0.2) is 5.82 Å². The highest BCUT2D eigenvalue weighted by molar-refractivity contribution is 9.10. The molecule has 0 spiro atoms. The first-order chi connectivity index (χ1) is 14.2. The number of pyridine rings is 1. The van der Waals surface area contributed by atoms with Crippen molar-refractivity contribution < 1.29 is 4.74 Å². The Hall–Kier alpha value is -3.00. The quantitative estimate of drug-likeness (QED) is 0.412. The van der Waals surface area contributed by atoms with Crippen molar-refractivity contribution in [1.29, 1.82) is 0 Å². The SMILES string of the molecule is O=c1ccc2c(OCCCc3nnnn3CCc3ccccc3Br)cccc2[nH]1. The summed E-state index contributed by atoms with van der Waals surface area (Å²) in [4.78, 5) is 14.3. The number of fused-ring (bicyclic) bond motifs is 1. The largest absolute Gasteiger partial charge is 0.493 e. The fourth-order valence-electron chi connectivity index (χ4n) is 3.20. The topological polar surface area (TPSA) is 85.7 Å². The van der Waals surface area contributed by atoms with Crippen molar-refractivity contribution in [3.63, 3.8) is 0 Å². The van der Waals surface area contributed by atoms with E-state index in [0.717, 1.165) is 52.8 Å². The summed E-state index contributed by atoms with van der Waals surface area (Å²) in [7, 11) is 0. The summed E-state index contributed by atoms with van der Waals surface area (Å²) in [6, 6.07) is 17.1. The smallest absolute Gasteiger partial charge is 0.248 e. The van der Waals surface area contributed by atoms with E-state index >= 15 is 0 Å². The monoisotopic (exact) mass is 453 g/mol. The predicted molar refractivity (Wildman–Crippen MR) is 114 cm³/mol. The van der Waals surface area contributed by atoms with Crippen LogP contribution in [0.15, 0.2) is 63.9 Å². The first-order valence-corrected chi connectivity index (χ1v) is 10.2. The van der Waals surface area contributed by atoms with E-state index in [1.54, 1.807) is 6.07 Å². The number of ether oxygens (including phenoxy) is 1. The average Bonchev–Trinajstić information content (AvgIpc) is 3.17. The van der Waals surface area contributed by atoms with Crippen LogP contribution in [0.3, 0.4) is 0 Å². The minimum Gasteiger partial charge on any atom is -0.493 e. The van der Waals surface area contributed by atoms with Gasteiger partial charge in [0.1, 0.15) is 5.75 Å². The number of hydrogen-bond donors (Lipinski definition) is 1. The minimum absolute atomic E-state index is 0.121. The van der Waals surface area contributed by atoms with E-state index in [4.69, 9.17) is 4.74 Å². The van der Waals surface area contributed by atoms with Gasteiger partial charge in [-0.15, -0.1) is 5.10 Å². The van der Waals surface area contributed by atoms with E-state index in [-0.39, 0.29) is 5.56 Å². The zero-order valence-electron chi connectivity index (χ0n) is 15.7. The maximum absolute atomic E-state index is 11.5. The molecule has 0 saturated carbocycles. The van der Waals surface area contributed by atoms with Gasteiger partial charge >= 0.3 is 0 Å². The van der Waals surface area contributed by atoms with Gasteiger partial charge in [-0.25, -0.2) is 4.68 Å². The molecule has 8 heteroatoms. The molecule has 4 aromatic rings. The van der Waals surface area contributed by atoms with Crippen LogP contribution in [0.4, 0.5) is 0 Å². The predicted octanol–water partition coefficient (Wildman–Crippen LogP) is 3.53. The van der Waals surface area contributed by atoms with Crippen LogP contribution in [0.1, 0.15) is 17.8 Å². The number of aryl methyl sites for hydroxylation is 3. The average molecular weight is 454 g/mol. The van der Waals surface area contributed by atoms with Gasteiger partial charge in [-0.3, -0.25) is 4.79 Å². The molecule has 0 aliphatic carbocycles. The second-order valence-corrected chi connectivity index (χ2v) is 7.51. The fraction of sp³-hybridized carbons (Fsp3) is 0.238. The van der Waals surface area contributed by atoms with Crippen LogP contribution < -0.4 is 10.3 Å². The van der Waals surface area contributed by atoms with Crippen LogP contribution in [0, 0.1) is 0 Å². The highest BCUT2D eigenvalue weighted by Crippen LogP contribution is 2.23. The lowest BCUT2D eigenvalue weighted by Gasteiger charge is -2.09. The van der Waals surface area contributed by atoms with E-state index < -0.39 is 0 Å². The molecular formula is C21H20BrN5O2. The number of aromatic amines is 1. The van der Waals surface area contributed by atoms with Gasteiger partial charge in [-0.05, 0) is 53.1 Å². The molecule has 1 N–H and O–H groups in total. The molecule has 29 heavy (non-hydrogen) atoms. The maximum Gasteiger partial charge on any atom is 0.248 e. The molecule has 0 saturated heterocycles. The first-order valence-electron chi connectivity index (χ1n) is 9.44. The summed E-state index contributed by atoms with van der Waals surface area (Å²) in [5.74, 6) is 1.61. The van der Waals surface area contributed by atoms with E-state index in [0.29, 0.717) is 6.61 Å². The fourth-order valence-corrected chi connectivity index (χ4v) is 3.68. The molecule has 0 atom stereocenters. The molecule has 0 radical (unpaired) electrons. The third-order valence-electron chi connectivity index (χ3n) is 4.68. The van der Waals surface area contributed by atoms with Gasteiger partial charge < -0.3 is 9.72 Å². The molecule has 0 aliphatic heterocycles. The zero-order chi connectivity index (χ0) is 20.1. The third-order valence-corrected chi connectivity index (χ3v) is 5.46. The number of halogens is 1. The lowest BCUT2D eigenvalue weighted by atomic mass is 10.1. The number of tetrazole rings is 1. The Morgan fingerprint density at radius 3 is 2.83 bits per heavy atom. The summed E-state index contributed by atoms with van der Waals surface area (Å²) in [5.41, 5.74) is 1.88. The number of rotatable bonds is 8. The third kappa shape index (κ3) is 4.71. The Balaban J connectivity index is 1.32. The van der Waals surface area contributed by atoms with Crippen LogP contribution in [0.2, 0.25) is 0 Å². The number of hydrogen-bond acceptors (Lipinski definition) is 5. The van der Waals surface area contributed by atoms with E-state index in [1.807, 2.05) is 41.1 Å². The molecule has 0 amide bonds. The maximum atomic E-state index is 11.5. The van der Waals surface area contributed by atoms with E-state index in [1.165, 1.54) is 11.6 Å². The molecule has 7 nitrogen and oxygen atoms in total. The lowest BCUT2D eigenvalue weighted by molar-refractivity contribution is 0.312.